The van der Waals surface area contributed by atoms with Crippen molar-refractivity contribution in [1.82, 2.24) is 4.57 Å². The van der Waals surface area contributed by atoms with Crippen molar-refractivity contribution in [3.63, 3.8) is 0 Å². The monoisotopic (exact) mass is 277 g/mol. The molecule has 0 radical (unpaired) electrons. The Morgan fingerprint density at radius 2 is 1.95 bits per heavy atom. The molecule has 0 spiro atoms. The summed E-state index contributed by atoms with van der Waals surface area (Å²) in [6.07, 6.45) is 0. The Bertz CT molecular complexity index is 640. The van der Waals surface area contributed by atoms with E-state index in [4.69, 9.17) is 5.11 Å². The van der Waals surface area contributed by atoms with Crippen LogP contribution >= 0.6 is 11.3 Å². The molecule has 0 amide bonds. The van der Waals surface area contributed by atoms with E-state index in [-0.39, 0.29) is 17.3 Å². The minimum atomic E-state index is -1.01. The molecule has 0 saturated heterocycles. The van der Waals surface area contributed by atoms with Crippen molar-refractivity contribution in [3.05, 3.63) is 44.9 Å². The van der Waals surface area contributed by atoms with Crippen molar-refractivity contribution in [2.45, 2.75) is 26.3 Å². The second-order valence-corrected chi connectivity index (χ2v) is 5.57. The molecule has 100 valence electrons. The van der Waals surface area contributed by atoms with Crippen LogP contribution in [0.1, 0.15) is 24.6 Å². The van der Waals surface area contributed by atoms with Gasteiger partial charge in [0.1, 0.15) is 6.54 Å². The van der Waals surface area contributed by atoms with Crippen molar-refractivity contribution in [2.75, 3.05) is 0 Å². The lowest BCUT2D eigenvalue weighted by atomic mass is 10.1. The molecule has 0 aliphatic carbocycles. The second kappa shape index (κ2) is 5.40. The van der Waals surface area contributed by atoms with E-state index in [0.717, 1.165) is 27.5 Å². The molecule has 4 nitrogen and oxygen atoms in total. The molecule has 0 saturated carbocycles. The summed E-state index contributed by atoms with van der Waals surface area (Å²) < 4.78 is 1.34. The first-order chi connectivity index (χ1) is 9.00. The smallest absolute Gasteiger partial charge is 0.323 e. The highest BCUT2D eigenvalue weighted by Crippen LogP contribution is 2.31. The fraction of sp³-hybridized carbons (Fsp3) is 0.286. The molecular weight excluding hydrogens is 262 g/mol. The molecule has 5 heteroatoms. The normalized spacial score (nSPS) is 10.9. The van der Waals surface area contributed by atoms with Gasteiger partial charge < -0.3 is 5.11 Å². The van der Waals surface area contributed by atoms with Gasteiger partial charge in [0.25, 0.3) is 0 Å². The van der Waals surface area contributed by atoms with Gasteiger partial charge >= 0.3 is 10.8 Å². The molecule has 2 rings (SSSR count). The zero-order chi connectivity index (χ0) is 14.0. The number of aromatic nitrogens is 1. The van der Waals surface area contributed by atoms with E-state index in [1.54, 1.807) is 0 Å². The first kappa shape index (κ1) is 13.5. The lowest BCUT2D eigenvalue weighted by Crippen LogP contribution is -2.19. The molecule has 0 bridgehead atoms. The highest BCUT2D eigenvalue weighted by molar-refractivity contribution is 7.09. The summed E-state index contributed by atoms with van der Waals surface area (Å²) in [6, 6.07) is 9.45. The minimum Gasteiger partial charge on any atom is -0.480 e. The van der Waals surface area contributed by atoms with Crippen molar-refractivity contribution in [2.24, 2.45) is 0 Å². The van der Waals surface area contributed by atoms with Gasteiger partial charge in [-0.1, -0.05) is 55.5 Å². The summed E-state index contributed by atoms with van der Waals surface area (Å²) in [7, 11) is 0. The zero-order valence-electron chi connectivity index (χ0n) is 10.8. The third-order valence-corrected chi connectivity index (χ3v) is 4.07. The second-order valence-electron chi connectivity index (χ2n) is 4.58. The average molecular weight is 277 g/mol. The van der Waals surface area contributed by atoms with Gasteiger partial charge in [0.15, 0.2) is 0 Å². The van der Waals surface area contributed by atoms with Crippen molar-refractivity contribution < 1.29 is 9.90 Å². The predicted octanol–water partition coefficient (Wildman–Crippen LogP) is 2.78. The van der Waals surface area contributed by atoms with E-state index in [1.807, 2.05) is 44.2 Å². The van der Waals surface area contributed by atoms with Crippen LogP contribution in [0.5, 0.6) is 0 Å². The van der Waals surface area contributed by atoms with Gasteiger partial charge in [0.05, 0.1) is 5.69 Å². The van der Waals surface area contributed by atoms with E-state index >= 15 is 0 Å². The van der Waals surface area contributed by atoms with Gasteiger partial charge in [0.2, 0.25) is 0 Å². The van der Waals surface area contributed by atoms with Crippen LogP contribution in [0.15, 0.2) is 35.1 Å². The fourth-order valence-electron chi connectivity index (χ4n) is 1.99. The van der Waals surface area contributed by atoms with Crippen LogP contribution in [0.2, 0.25) is 0 Å². The Morgan fingerprint density at radius 3 is 2.47 bits per heavy atom. The summed E-state index contributed by atoms with van der Waals surface area (Å²) in [5.41, 5.74) is 1.61. The molecule has 1 N–H and O–H groups in total. The Morgan fingerprint density at radius 1 is 1.32 bits per heavy atom. The molecule has 1 heterocycles. The standard InChI is InChI=1S/C14H15NO3S/c1-9(2)13-12(10-6-4-3-5-7-10)15(8-11(16)17)14(18)19-13/h3-7,9H,8H2,1-2H3,(H,16,17). The van der Waals surface area contributed by atoms with Crippen LogP contribution in [0.4, 0.5) is 0 Å². The molecule has 2 aromatic rings. The Hall–Kier alpha value is -1.88. The van der Waals surface area contributed by atoms with E-state index in [9.17, 15) is 9.59 Å². The summed E-state index contributed by atoms with van der Waals surface area (Å²) in [6.45, 7) is 3.71. The van der Waals surface area contributed by atoms with Crippen LogP contribution in [0.3, 0.4) is 0 Å². The Balaban J connectivity index is 2.67. The summed E-state index contributed by atoms with van der Waals surface area (Å²) in [5.74, 6) is -0.824. The summed E-state index contributed by atoms with van der Waals surface area (Å²) in [5, 5.41) is 8.96. The number of benzene rings is 1. The van der Waals surface area contributed by atoms with Crippen molar-refractivity contribution >= 4 is 17.3 Å². The van der Waals surface area contributed by atoms with Gasteiger partial charge in [0, 0.05) is 4.88 Å². The molecular formula is C14H15NO3S. The van der Waals surface area contributed by atoms with E-state index < -0.39 is 5.97 Å². The summed E-state index contributed by atoms with van der Waals surface area (Å²) in [4.78, 5) is 23.6. The van der Waals surface area contributed by atoms with E-state index in [2.05, 4.69) is 0 Å². The molecule has 0 fully saturated rings. The van der Waals surface area contributed by atoms with Gasteiger partial charge in [-0.25, -0.2) is 0 Å². The quantitative estimate of drug-likeness (QED) is 0.934. The molecule has 19 heavy (non-hydrogen) atoms. The Labute approximate surface area is 115 Å². The number of carboxylic acids is 1. The van der Waals surface area contributed by atoms with Gasteiger partial charge in [-0.3, -0.25) is 14.2 Å². The maximum Gasteiger partial charge on any atom is 0.323 e. The van der Waals surface area contributed by atoms with Gasteiger partial charge in [-0.2, -0.15) is 0 Å². The van der Waals surface area contributed by atoms with Crippen LogP contribution < -0.4 is 4.87 Å². The highest BCUT2D eigenvalue weighted by Gasteiger charge is 2.19. The van der Waals surface area contributed by atoms with Crippen molar-refractivity contribution in [1.29, 1.82) is 0 Å². The SMILES string of the molecule is CC(C)c1sc(=O)n(CC(=O)O)c1-c1ccccc1. The number of aliphatic carboxylic acids is 1. The maximum absolute atomic E-state index is 12.0. The molecule has 1 aromatic carbocycles. The number of rotatable bonds is 4. The van der Waals surface area contributed by atoms with Crippen LogP contribution in [-0.4, -0.2) is 15.6 Å². The van der Waals surface area contributed by atoms with Crippen molar-refractivity contribution in [3.8, 4) is 11.3 Å². The number of hydrogen-bond acceptors (Lipinski definition) is 3. The zero-order valence-corrected chi connectivity index (χ0v) is 11.6. The van der Waals surface area contributed by atoms with E-state index in [0.29, 0.717) is 0 Å². The van der Waals surface area contributed by atoms with E-state index in [1.165, 1.54) is 4.57 Å². The minimum absolute atomic E-state index is 0.183. The number of carboxylic acid groups (broad SMARTS) is 1. The lowest BCUT2D eigenvalue weighted by Gasteiger charge is -2.10. The molecule has 0 atom stereocenters. The topological polar surface area (TPSA) is 59.3 Å². The van der Waals surface area contributed by atoms with Crippen LogP contribution in [0, 0.1) is 0 Å². The predicted molar refractivity (Wildman–Crippen MR) is 75.7 cm³/mol. The largest absolute Gasteiger partial charge is 0.480 e. The number of hydrogen-bond donors (Lipinski definition) is 1. The third kappa shape index (κ3) is 2.76. The highest BCUT2D eigenvalue weighted by atomic mass is 32.1. The molecule has 1 aromatic heterocycles. The molecule has 0 unspecified atom stereocenters. The fourth-order valence-corrected chi connectivity index (χ4v) is 3.00. The molecule has 0 aliphatic rings. The number of thiazole rings is 1. The third-order valence-electron chi connectivity index (χ3n) is 2.79. The van der Waals surface area contributed by atoms with Crippen LogP contribution in [0.25, 0.3) is 11.3 Å². The van der Waals surface area contributed by atoms with Gasteiger partial charge in [-0.05, 0) is 11.5 Å². The lowest BCUT2D eigenvalue weighted by molar-refractivity contribution is -0.137. The number of nitrogens with zero attached hydrogens (tertiary/aromatic N) is 1. The average Bonchev–Trinajstić information content (AvgIpc) is 2.68. The first-order valence-electron chi connectivity index (χ1n) is 6.01. The Kier molecular flexibility index (Phi) is 3.85. The maximum atomic E-state index is 12.0. The molecule has 0 aliphatic heterocycles. The van der Waals surface area contributed by atoms with Gasteiger partial charge in [-0.15, -0.1) is 0 Å². The number of carbonyl (C=O) groups is 1. The first-order valence-corrected chi connectivity index (χ1v) is 6.83. The van der Waals surface area contributed by atoms with Crippen LogP contribution in [-0.2, 0) is 11.3 Å². The summed E-state index contributed by atoms with van der Waals surface area (Å²) >= 11 is 1.13.